The molecule has 19 heavy (non-hydrogen) atoms. The minimum absolute atomic E-state index is 0.401. The number of nitrogens with zero attached hydrogens (tertiary/aromatic N) is 2. The first-order valence-electron chi connectivity index (χ1n) is 6.89. The zero-order valence-corrected chi connectivity index (χ0v) is 13.6. The Hall–Kier alpha value is -1.18. The summed E-state index contributed by atoms with van der Waals surface area (Å²) in [7, 11) is 0. The predicted molar refractivity (Wildman–Crippen MR) is 88.0 cm³/mol. The van der Waals surface area contributed by atoms with Gasteiger partial charge >= 0.3 is 0 Å². The van der Waals surface area contributed by atoms with Gasteiger partial charge in [-0.25, -0.2) is 0 Å². The molecule has 0 saturated heterocycles. The average molecular weight is 276 g/mol. The zero-order chi connectivity index (χ0) is 14.6. The van der Waals surface area contributed by atoms with E-state index in [2.05, 4.69) is 62.7 Å². The molecule has 104 valence electrons. The first kappa shape index (κ1) is 15.9. The highest BCUT2D eigenvalue weighted by molar-refractivity contribution is 7.78. The van der Waals surface area contributed by atoms with Gasteiger partial charge in [-0.1, -0.05) is 19.9 Å². The van der Waals surface area contributed by atoms with E-state index in [1.165, 1.54) is 11.3 Å². The monoisotopic (exact) mass is 276 g/mol. The fraction of sp³-hybridized carbons (Fsp3) is 0.562. The summed E-state index contributed by atoms with van der Waals surface area (Å²) in [4.78, 5) is 6.66. The van der Waals surface area contributed by atoms with Gasteiger partial charge in [0, 0.05) is 23.3 Å². The molecule has 1 aromatic rings. The van der Waals surface area contributed by atoms with E-state index >= 15 is 0 Å². The maximum Gasteiger partial charge on any atom is 0.0794 e. The fourth-order valence-electron chi connectivity index (χ4n) is 2.66. The van der Waals surface area contributed by atoms with Crippen molar-refractivity contribution in [3.8, 4) is 0 Å². The summed E-state index contributed by atoms with van der Waals surface area (Å²) in [6.07, 6.45) is 0. The van der Waals surface area contributed by atoms with Crippen LogP contribution >= 0.6 is 12.2 Å². The van der Waals surface area contributed by atoms with Crippen LogP contribution in [0.4, 0.5) is 11.4 Å². The maximum atomic E-state index is 4.76. The van der Waals surface area contributed by atoms with Crippen molar-refractivity contribution in [3.05, 3.63) is 23.8 Å². The lowest BCUT2D eigenvalue weighted by Gasteiger charge is -2.35. The molecule has 0 aliphatic heterocycles. The van der Waals surface area contributed by atoms with Crippen LogP contribution in [0.15, 0.2) is 23.2 Å². The van der Waals surface area contributed by atoms with Gasteiger partial charge in [0.25, 0.3) is 0 Å². The summed E-state index contributed by atoms with van der Waals surface area (Å²) in [5, 5.41) is 2.49. The van der Waals surface area contributed by atoms with E-state index in [0.29, 0.717) is 18.0 Å². The molecule has 0 atom stereocenters. The Kier molecular flexibility index (Phi) is 5.71. The van der Waals surface area contributed by atoms with E-state index in [1.807, 2.05) is 12.1 Å². The molecule has 0 aromatic heterocycles. The van der Waals surface area contributed by atoms with Crippen molar-refractivity contribution in [2.24, 2.45) is 4.99 Å². The van der Waals surface area contributed by atoms with Crippen molar-refractivity contribution < 1.29 is 0 Å². The van der Waals surface area contributed by atoms with Crippen molar-refractivity contribution >= 4 is 28.8 Å². The number of aliphatic imine (C=N–C) groups is 1. The van der Waals surface area contributed by atoms with Crippen LogP contribution in [0.1, 0.15) is 53.0 Å². The van der Waals surface area contributed by atoms with Crippen molar-refractivity contribution in [2.75, 3.05) is 4.90 Å². The van der Waals surface area contributed by atoms with Gasteiger partial charge in [0.05, 0.1) is 10.8 Å². The van der Waals surface area contributed by atoms with Crippen LogP contribution in [0.25, 0.3) is 0 Å². The highest BCUT2D eigenvalue weighted by Crippen LogP contribution is 2.37. The van der Waals surface area contributed by atoms with Crippen LogP contribution in [0, 0.1) is 0 Å². The molecule has 0 spiro atoms. The minimum Gasteiger partial charge on any atom is -0.366 e. The van der Waals surface area contributed by atoms with Gasteiger partial charge in [-0.3, -0.25) is 0 Å². The van der Waals surface area contributed by atoms with E-state index in [-0.39, 0.29) is 0 Å². The van der Waals surface area contributed by atoms with Crippen LogP contribution in [0.2, 0.25) is 0 Å². The molecule has 0 aliphatic carbocycles. The Labute approximate surface area is 122 Å². The number of isothiocyanates is 1. The molecule has 0 amide bonds. The molecule has 1 rings (SSSR count). The standard InChI is InChI=1S/C16H24N2S/c1-11(2)16-14(17-10-19)8-7-9-15(16)18(12(3)4)13(5)6/h7-9,11-13H,1-6H3. The zero-order valence-electron chi connectivity index (χ0n) is 12.8. The van der Waals surface area contributed by atoms with Gasteiger partial charge in [0.15, 0.2) is 0 Å². The van der Waals surface area contributed by atoms with E-state index in [9.17, 15) is 0 Å². The summed E-state index contributed by atoms with van der Waals surface area (Å²) >= 11 is 4.76. The van der Waals surface area contributed by atoms with E-state index in [4.69, 9.17) is 12.2 Å². The molecule has 2 nitrogen and oxygen atoms in total. The molecule has 1 aromatic carbocycles. The fourth-order valence-corrected chi connectivity index (χ4v) is 2.76. The summed E-state index contributed by atoms with van der Waals surface area (Å²) in [6, 6.07) is 7.13. The van der Waals surface area contributed by atoms with Gasteiger partial charge in [-0.15, -0.1) is 0 Å². The molecule has 0 heterocycles. The van der Waals surface area contributed by atoms with E-state index in [0.717, 1.165) is 5.69 Å². The maximum absolute atomic E-state index is 4.76. The van der Waals surface area contributed by atoms with Gasteiger partial charge in [-0.05, 0) is 58.0 Å². The van der Waals surface area contributed by atoms with Crippen LogP contribution in [0.3, 0.4) is 0 Å². The molecule has 0 unspecified atom stereocenters. The van der Waals surface area contributed by atoms with Crippen LogP contribution in [-0.2, 0) is 0 Å². The largest absolute Gasteiger partial charge is 0.366 e. The third-order valence-electron chi connectivity index (χ3n) is 3.19. The van der Waals surface area contributed by atoms with Crippen LogP contribution < -0.4 is 4.90 Å². The number of thiocarbonyl (C=S) groups is 1. The molecule has 0 N–H and O–H groups in total. The summed E-state index contributed by atoms with van der Waals surface area (Å²) in [5.74, 6) is 0.401. The van der Waals surface area contributed by atoms with Crippen molar-refractivity contribution in [1.29, 1.82) is 0 Å². The first-order valence-corrected chi connectivity index (χ1v) is 7.30. The number of benzene rings is 1. The summed E-state index contributed by atoms with van der Waals surface area (Å²) in [5.41, 5.74) is 3.45. The molecule has 3 heteroatoms. The normalized spacial score (nSPS) is 11.0. The van der Waals surface area contributed by atoms with Crippen LogP contribution in [0.5, 0.6) is 0 Å². The van der Waals surface area contributed by atoms with Crippen molar-refractivity contribution in [3.63, 3.8) is 0 Å². The second-order valence-electron chi connectivity index (χ2n) is 5.66. The van der Waals surface area contributed by atoms with Gasteiger partial charge in [-0.2, -0.15) is 4.99 Å². The Morgan fingerprint density at radius 3 is 2.05 bits per heavy atom. The topological polar surface area (TPSA) is 15.6 Å². The lowest BCUT2D eigenvalue weighted by molar-refractivity contribution is 0.603. The smallest absolute Gasteiger partial charge is 0.0794 e. The molecule has 0 bridgehead atoms. The molecular weight excluding hydrogens is 252 g/mol. The third-order valence-corrected chi connectivity index (χ3v) is 3.29. The highest BCUT2D eigenvalue weighted by Gasteiger charge is 2.20. The van der Waals surface area contributed by atoms with Gasteiger partial charge in [0.2, 0.25) is 0 Å². The second kappa shape index (κ2) is 6.83. The lowest BCUT2D eigenvalue weighted by Crippen LogP contribution is -2.37. The Morgan fingerprint density at radius 2 is 1.63 bits per heavy atom. The van der Waals surface area contributed by atoms with E-state index < -0.39 is 0 Å². The van der Waals surface area contributed by atoms with Crippen molar-refractivity contribution in [1.82, 2.24) is 0 Å². The SMILES string of the molecule is CC(C)c1c(N=C=S)cccc1N(C(C)C)C(C)C. The predicted octanol–water partition coefficient (Wildman–Crippen LogP) is 5.17. The van der Waals surface area contributed by atoms with Crippen LogP contribution in [-0.4, -0.2) is 17.2 Å². The first-order chi connectivity index (χ1) is 8.90. The highest BCUT2D eigenvalue weighted by atomic mass is 32.1. The molecule has 0 saturated carbocycles. The molecular formula is C16H24N2S. The molecule has 0 radical (unpaired) electrons. The minimum atomic E-state index is 0.401. The number of hydrogen-bond acceptors (Lipinski definition) is 3. The Morgan fingerprint density at radius 1 is 1.05 bits per heavy atom. The number of hydrogen-bond donors (Lipinski definition) is 0. The van der Waals surface area contributed by atoms with Gasteiger partial charge < -0.3 is 4.90 Å². The van der Waals surface area contributed by atoms with E-state index in [1.54, 1.807) is 0 Å². The molecule has 0 fully saturated rings. The summed E-state index contributed by atoms with van der Waals surface area (Å²) in [6.45, 7) is 13.3. The van der Waals surface area contributed by atoms with Gasteiger partial charge in [0.1, 0.15) is 0 Å². The molecule has 0 aliphatic rings. The quantitative estimate of drug-likeness (QED) is 0.545. The lowest BCUT2D eigenvalue weighted by atomic mass is 9.97. The third kappa shape index (κ3) is 3.65. The Balaban J connectivity index is 3.49. The summed E-state index contributed by atoms with van der Waals surface area (Å²) < 4.78 is 0. The Bertz CT molecular complexity index is 464. The number of anilines is 1. The number of rotatable bonds is 5. The second-order valence-corrected chi connectivity index (χ2v) is 5.85. The van der Waals surface area contributed by atoms with Crippen molar-refractivity contribution in [2.45, 2.75) is 59.5 Å². The average Bonchev–Trinajstić information content (AvgIpc) is 2.28.